The van der Waals surface area contributed by atoms with Crippen LogP contribution < -0.4 is 10.5 Å². The Kier molecular flexibility index (Phi) is 3.19. The molecule has 1 heterocycles. The molecule has 0 saturated carbocycles. The van der Waals surface area contributed by atoms with Gasteiger partial charge in [0.1, 0.15) is 11.6 Å². The minimum absolute atomic E-state index is 0.670. The van der Waals surface area contributed by atoms with Crippen LogP contribution in [0, 0.1) is 0 Å². The number of aromatic amines is 1. The largest absolute Gasteiger partial charge is 0.496 e. The molecule has 3 nitrogen and oxygen atoms in total. The van der Waals surface area contributed by atoms with Gasteiger partial charge in [-0.05, 0) is 13.0 Å². The molecule has 0 spiro atoms. The minimum Gasteiger partial charge on any atom is -0.496 e. The topological polar surface area (TPSA) is 51.0 Å². The number of nitrogens with one attached hydrogen (secondary N) is 1. The van der Waals surface area contributed by atoms with Gasteiger partial charge in [0, 0.05) is 22.9 Å². The number of hydrogen-bond acceptors (Lipinski definition) is 2. The quantitative estimate of drug-likeness (QED) is 0.846. The Bertz CT molecular complexity index is 541. The van der Waals surface area contributed by atoms with Gasteiger partial charge < -0.3 is 15.5 Å². The molecule has 3 heteroatoms. The fourth-order valence-electron chi connectivity index (χ4n) is 1.89. The molecule has 0 aliphatic carbocycles. The normalized spacial score (nSPS) is 10.9. The van der Waals surface area contributed by atoms with Gasteiger partial charge in [0.25, 0.3) is 0 Å². The number of nitrogen functional groups attached to an aromatic ring is 1. The molecule has 0 amide bonds. The van der Waals surface area contributed by atoms with Crippen LogP contribution in [-0.2, 0) is 0 Å². The Labute approximate surface area is 101 Å². The molecule has 0 fully saturated rings. The number of methoxy groups -OCH3 is 1. The van der Waals surface area contributed by atoms with E-state index in [1.54, 1.807) is 7.11 Å². The highest BCUT2D eigenvalue weighted by atomic mass is 16.5. The fourth-order valence-corrected chi connectivity index (χ4v) is 1.89. The summed E-state index contributed by atoms with van der Waals surface area (Å²) >= 11 is 0. The molecule has 0 bridgehead atoms. The minimum atomic E-state index is 0.670. The third-order valence-corrected chi connectivity index (χ3v) is 2.68. The van der Waals surface area contributed by atoms with Crippen molar-refractivity contribution in [2.75, 3.05) is 12.8 Å². The average molecular weight is 228 g/mol. The van der Waals surface area contributed by atoms with Gasteiger partial charge in [0.05, 0.1) is 7.11 Å². The van der Waals surface area contributed by atoms with Gasteiger partial charge >= 0.3 is 0 Å². The molecule has 17 heavy (non-hydrogen) atoms. The molecule has 0 unspecified atom stereocenters. The molecule has 0 saturated heterocycles. The van der Waals surface area contributed by atoms with E-state index in [1.807, 2.05) is 49.5 Å². The van der Waals surface area contributed by atoms with Gasteiger partial charge in [-0.25, -0.2) is 0 Å². The molecule has 0 radical (unpaired) electrons. The number of hydrogen-bond donors (Lipinski definition) is 2. The Balaban J connectivity index is 2.60. The Morgan fingerprint density at radius 2 is 2.00 bits per heavy atom. The maximum Gasteiger partial charge on any atom is 0.126 e. The highest BCUT2D eigenvalue weighted by molar-refractivity contribution is 5.83. The summed E-state index contributed by atoms with van der Waals surface area (Å²) < 4.78 is 5.36. The van der Waals surface area contributed by atoms with Crippen LogP contribution in [0.3, 0.4) is 0 Å². The van der Waals surface area contributed by atoms with E-state index in [9.17, 15) is 0 Å². The first-order chi connectivity index (χ1) is 8.27. The number of H-pyrrole nitrogens is 1. The maximum absolute atomic E-state index is 5.91. The van der Waals surface area contributed by atoms with E-state index in [2.05, 4.69) is 4.98 Å². The molecule has 2 aromatic rings. The van der Waals surface area contributed by atoms with Crippen molar-refractivity contribution in [3.63, 3.8) is 0 Å². The summed E-state index contributed by atoms with van der Waals surface area (Å²) in [5.41, 5.74) is 9.00. The van der Waals surface area contributed by atoms with Gasteiger partial charge in [-0.2, -0.15) is 0 Å². The zero-order chi connectivity index (χ0) is 12.3. The van der Waals surface area contributed by atoms with E-state index in [1.165, 1.54) is 0 Å². The lowest BCUT2D eigenvalue weighted by Gasteiger charge is -2.07. The van der Waals surface area contributed by atoms with Crippen LogP contribution in [0.25, 0.3) is 17.2 Å². The number of para-hydroxylation sites is 1. The average Bonchev–Trinajstić information content (AvgIpc) is 2.72. The number of rotatable bonds is 3. The molecule has 0 aliphatic rings. The molecule has 1 aromatic carbocycles. The van der Waals surface area contributed by atoms with Crippen molar-refractivity contribution < 1.29 is 4.74 Å². The summed E-state index contributed by atoms with van der Waals surface area (Å²) in [6.45, 7) is 1.97. The maximum atomic E-state index is 5.91. The van der Waals surface area contributed by atoms with E-state index in [-0.39, 0.29) is 0 Å². The number of anilines is 1. The van der Waals surface area contributed by atoms with Crippen LogP contribution in [0.4, 0.5) is 5.82 Å². The van der Waals surface area contributed by atoms with Crippen molar-refractivity contribution in [1.29, 1.82) is 0 Å². The van der Waals surface area contributed by atoms with Gasteiger partial charge in [-0.15, -0.1) is 0 Å². The van der Waals surface area contributed by atoms with Crippen LogP contribution in [0.15, 0.2) is 36.5 Å². The fraction of sp³-hybridized carbons (Fsp3) is 0.143. The lowest BCUT2D eigenvalue weighted by Crippen LogP contribution is -1.89. The van der Waals surface area contributed by atoms with Crippen molar-refractivity contribution in [2.24, 2.45) is 0 Å². The number of aromatic nitrogens is 1. The summed E-state index contributed by atoms with van der Waals surface area (Å²) in [4.78, 5) is 3.04. The molecule has 1 aromatic heterocycles. The standard InChI is InChI=1S/C14H16N2O/c1-3-6-11-12(9-16-14(11)15)10-7-4-5-8-13(10)17-2/h3-9,16H,15H2,1-2H3/b6-3-. The zero-order valence-corrected chi connectivity index (χ0v) is 10.0. The van der Waals surface area contributed by atoms with Crippen molar-refractivity contribution in [1.82, 2.24) is 4.98 Å². The SMILES string of the molecule is C/C=C\c1c(-c2ccccc2OC)c[nH]c1N. The number of nitrogens with two attached hydrogens (primary N) is 1. The second-order valence-electron chi connectivity index (χ2n) is 3.73. The third-order valence-electron chi connectivity index (χ3n) is 2.68. The number of benzene rings is 1. The van der Waals surface area contributed by atoms with E-state index < -0.39 is 0 Å². The summed E-state index contributed by atoms with van der Waals surface area (Å²) in [5, 5.41) is 0. The number of ether oxygens (including phenoxy) is 1. The molecule has 88 valence electrons. The van der Waals surface area contributed by atoms with Crippen LogP contribution in [-0.4, -0.2) is 12.1 Å². The van der Waals surface area contributed by atoms with Crippen molar-refractivity contribution >= 4 is 11.9 Å². The zero-order valence-electron chi connectivity index (χ0n) is 10.0. The second-order valence-corrected chi connectivity index (χ2v) is 3.73. The van der Waals surface area contributed by atoms with Gasteiger partial charge in [0.15, 0.2) is 0 Å². The smallest absolute Gasteiger partial charge is 0.126 e. The van der Waals surface area contributed by atoms with Crippen LogP contribution >= 0.6 is 0 Å². The predicted molar refractivity (Wildman–Crippen MR) is 71.9 cm³/mol. The molecule has 2 rings (SSSR count). The molecule has 0 aliphatic heterocycles. The van der Waals surface area contributed by atoms with Gasteiger partial charge in [-0.1, -0.05) is 30.4 Å². The lowest BCUT2D eigenvalue weighted by molar-refractivity contribution is 0.416. The molecular weight excluding hydrogens is 212 g/mol. The third kappa shape index (κ3) is 2.04. The van der Waals surface area contributed by atoms with Crippen LogP contribution in [0.5, 0.6) is 5.75 Å². The highest BCUT2D eigenvalue weighted by Gasteiger charge is 2.11. The molecule has 0 atom stereocenters. The summed E-state index contributed by atoms with van der Waals surface area (Å²) in [6, 6.07) is 7.90. The Morgan fingerprint density at radius 3 is 2.71 bits per heavy atom. The van der Waals surface area contributed by atoms with Crippen molar-refractivity contribution in [3.05, 3.63) is 42.1 Å². The van der Waals surface area contributed by atoms with Crippen molar-refractivity contribution in [3.8, 4) is 16.9 Å². The summed E-state index contributed by atoms with van der Waals surface area (Å²) in [7, 11) is 1.67. The van der Waals surface area contributed by atoms with E-state index in [0.717, 1.165) is 22.4 Å². The van der Waals surface area contributed by atoms with Crippen molar-refractivity contribution in [2.45, 2.75) is 6.92 Å². The van der Waals surface area contributed by atoms with E-state index in [4.69, 9.17) is 10.5 Å². The van der Waals surface area contributed by atoms with E-state index in [0.29, 0.717) is 5.82 Å². The first-order valence-corrected chi connectivity index (χ1v) is 5.51. The monoisotopic (exact) mass is 228 g/mol. The first-order valence-electron chi connectivity index (χ1n) is 5.51. The Morgan fingerprint density at radius 1 is 1.24 bits per heavy atom. The first kappa shape index (κ1) is 11.3. The predicted octanol–water partition coefficient (Wildman–Crippen LogP) is 3.31. The summed E-state index contributed by atoms with van der Waals surface area (Å²) in [6.07, 6.45) is 5.87. The number of allylic oxidation sites excluding steroid dienone is 1. The van der Waals surface area contributed by atoms with Crippen LogP contribution in [0.2, 0.25) is 0 Å². The van der Waals surface area contributed by atoms with Gasteiger partial charge in [-0.3, -0.25) is 0 Å². The second kappa shape index (κ2) is 4.78. The summed E-state index contributed by atoms with van der Waals surface area (Å²) in [5.74, 6) is 1.52. The molecular formula is C14H16N2O. The van der Waals surface area contributed by atoms with Crippen LogP contribution in [0.1, 0.15) is 12.5 Å². The molecule has 3 N–H and O–H groups in total. The Hall–Kier alpha value is -2.16. The highest BCUT2D eigenvalue weighted by Crippen LogP contribution is 2.34. The lowest BCUT2D eigenvalue weighted by atomic mass is 10.0. The van der Waals surface area contributed by atoms with Gasteiger partial charge in [0.2, 0.25) is 0 Å². The van der Waals surface area contributed by atoms with E-state index >= 15 is 0 Å².